The number of nitro groups is 1. The van der Waals surface area contributed by atoms with E-state index < -0.39 is 4.92 Å². The van der Waals surface area contributed by atoms with Gasteiger partial charge in [-0.25, -0.2) is 0 Å². The molecule has 1 aliphatic carbocycles. The second-order valence-electron chi connectivity index (χ2n) is 5.15. The molecule has 0 bridgehead atoms. The molecule has 21 heavy (non-hydrogen) atoms. The molecule has 0 spiro atoms. The number of aliphatic hydroxyl groups is 1. The molecule has 1 heterocycles. The lowest BCUT2D eigenvalue weighted by Gasteiger charge is -2.27. The van der Waals surface area contributed by atoms with Crippen molar-refractivity contribution in [2.45, 2.75) is 44.2 Å². The zero-order valence-electron chi connectivity index (χ0n) is 12.1. The molecule has 0 amide bonds. The van der Waals surface area contributed by atoms with Gasteiger partial charge >= 0.3 is 11.6 Å². The Balaban J connectivity index is 2.06. The normalized spacial score (nSPS) is 22.2. The molecule has 1 aliphatic rings. The largest absolute Gasteiger partial charge is 0.472 e. The zero-order chi connectivity index (χ0) is 15.2. The summed E-state index contributed by atoms with van der Waals surface area (Å²) in [5.74, 6) is 0.0299. The fraction of sp³-hybridized carbons (Fsp3) is 0.769. The van der Waals surface area contributed by atoms with Gasteiger partial charge < -0.3 is 14.6 Å². The molecule has 0 aliphatic heterocycles. The van der Waals surface area contributed by atoms with Crippen molar-refractivity contribution in [3.8, 4) is 5.88 Å². The van der Waals surface area contributed by atoms with Crippen molar-refractivity contribution in [3.63, 3.8) is 0 Å². The van der Waals surface area contributed by atoms with Gasteiger partial charge in [-0.05, 0) is 25.7 Å². The standard InChI is InChI=1S/C13H21N3O5/c1-20-11-5-3-10(4-6-11)15-9-12(16(18)19)13(14-15)21-8-2-7-17/h9-11,17H,2-8H2,1H3/t10-,11-. The molecule has 0 atom stereocenters. The van der Waals surface area contributed by atoms with E-state index in [1.807, 2.05) is 0 Å². The molecule has 8 nitrogen and oxygen atoms in total. The van der Waals surface area contributed by atoms with Crippen molar-refractivity contribution in [3.05, 3.63) is 16.3 Å². The molecule has 0 saturated heterocycles. The lowest BCUT2D eigenvalue weighted by Crippen LogP contribution is -2.23. The third-order valence-corrected chi connectivity index (χ3v) is 3.77. The number of aromatic nitrogens is 2. The van der Waals surface area contributed by atoms with Crippen molar-refractivity contribution in [1.29, 1.82) is 0 Å². The molecule has 0 unspecified atom stereocenters. The van der Waals surface area contributed by atoms with E-state index in [9.17, 15) is 10.1 Å². The van der Waals surface area contributed by atoms with Gasteiger partial charge in [0.2, 0.25) is 0 Å². The summed E-state index contributed by atoms with van der Waals surface area (Å²) in [6.07, 6.45) is 5.74. The van der Waals surface area contributed by atoms with Gasteiger partial charge in [0.25, 0.3) is 0 Å². The van der Waals surface area contributed by atoms with Gasteiger partial charge in [0.15, 0.2) is 0 Å². The van der Waals surface area contributed by atoms with Crippen molar-refractivity contribution >= 4 is 5.69 Å². The molecule has 1 N–H and O–H groups in total. The van der Waals surface area contributed by atoms with Crippen LogP contribution in [0.5, 0.6) is 5.88 Å². The maximum atomic E-state index is 11.1. The third-order valence-electron chi connectivity index (χ3n) is 3.77. The van der Waals surface area contributed by atoms with E-state index in [1.165, 1.54) is 6.20 Å². The molecule has 8 heteroatoms. The van der Waals surface area contributed by atoms with Gasteiger partial charge in [-0.15, -0.1) is 5.10 Å². The van der Waals surface area contributed by atoms with Crippen molar-refractivity contribution in [2.24, 2.45) is 0 Å². The van der Waals surface area contributed by atoms with Gasteiger partial charge in [0.1, 0.15) is 6.20 Å². The van der Waals surface area contributed by atoms with E-state index in [4.69, 9.17) is 14.6 Å². The molecular formula is C13H21N3O5. The third kappa shape index (κ3) is 3.92. The summed E-state index contributed by atoms with van der Waals surface area (Å²) in [6, 6.07) is 0.144. The Kier molecular flexibility index (Phi) is 5.51. The minimum atomic E-state index is -0.488. The van der Waals surface area contributed by atoms with Gasteiger partial charge in [-0.3, -0.25) is 14.8 Å². The number of hydrogen-bond donors (Lipinski definition) is 1. The second-order valence-corrected chi connectivity index (χ2v) is 5.15. The molecular weight excluding hydrogens is 278 g/mol. The van der Waals surface area contributed by atoms with Gasteiger partial charge in [-0.1, -0.05) is 0 Å². The van der Waals surface area contributed by atoms with E-state index in [1.54, 1.807) is 11.8 Å². The van der Waals surface area contributed by atoms with E-state index in [2.05, 4.69) is 5.10 Å². The first-order chi connectivity index (χ1) is 10.2. The maximum absolute atomic E-state index is 11.1. The van der Waals surface area contributed by atoms with Gasteiger partial charge in [-0.2, -0.15) is 0 Å². The summed E-state index contributed by atoms with van der Waals surface area (Å²) in [5.41, 5.74) is -0.123. The first-order valence-electron chi connectivity index (χ1n) is 7.15. The summed E-state index contributed by atoms with van der Waals surface area (Å²) in [6.45, 7) is 0.195. The van der Waals surface area contributed by atoms with Crippen LogP contribution in [0.15, 0.2) is 6.20 Å². The number of hydrogen-bond acceptors (Lipinski definition) is 6. The molecule has 1 aromatic rings. The zero-order valence-corrected chi connectivity index (χ0v) is 12.1. The Morgan fingerprint density at radius 3 is 2.76 bits per heavy atom. The topological polar surface area (TPSA) is 99.7 Å². The lowest BCUT2D eigenvalue weighted by atomic mass is 9.93. The Morgan fingerprint density at radius 1 is 1.48 bits per heavy atom. The van der Waals surface area contributed by atoms with Crippen LogP contribution in [-0.4, -0.2) is 46.2 Å². The lowest BCUT2D eigenvalue weighted by molar-refractivity contribution is -0.386. The average Bonchev–Trinajstić information content (AvgIpc) is 2.92. The highest BCUT2D eigenvalue weighted by Crippen LogP contribution is 2.33. The predicted octanol–water partition coefficient (Wildman–Crippen LogP) is 1.68. The summed E-state index contributed by atoms with van der Waals surface area (Å²) in [4.78, 5) is 10.6. The van der Waals surface area contributed by atoms with Crippen LogP contribution in [0.2, 0.25) is 0 Å². The Labute approximate surface area is 122 Å². The molecule has 0 aromatic carbocycles. The number of methoxy groups -OCH3 is 1. The van der Waals surface area contributed by atoms with E-state index in [-0.39, 0.29) is 36.9 Å². The monoisotopic (exact) mass is 299 g/mol. The smallest absolute Gasteiger partial charge is 0.350 e. The second kappa shape index (κ2) is 7.37. The highest BCUT2D eigenvalue weighted by atomic mass is 16.6. The Bertz CT molecular complexity index is 468. The van der Waals surface area contributed by atoms with E-state index >= 15 is 0 Å². The maximum Gasteiger partial charge on any atom is 0.350 e. The number of nitrogens with zero attached hydrogens (tertiary/aromatic N) is 3. The Hall–Kier alpha value is -1.67. The summed E-state index contributed by atoms with van der Waals surface area (Å²) >= 11 is 0. The van der Waals surface area contributed by atoms with Gasteiger partial charge in [0, 0.05) is 20.1 Å². The van der Waals surface area contributed by atoms with Crippen LogP contribution in [-0.2, 0) is 4.74 Å². The highest BCUT2D eigenvalue weighted by Gasteiger charge is 2.27. The van der Waals surface area contributed by atoms with Crippen molar-refractivity contribution in [1.82, 2.24) is 9.78 Å². The van der Waals surface area contributed by atoms with Gasteiger partial charge in [0.05, 0.1) is 23.7 Å². The summed E-state index contributed by atoms with van der Waals surface area (Å²) in [7, 11) is 1.71. The van der Waals surface area contributed by atoms with Crippen LogP contribution >= 0.6 is 0 Å². The van der Waals surface area contributed by atoms with E-state index in [0.717, 1.165) is 25.7 Å². The minimum absolute atomic E-state index is 0.0183. The quantitative estimate of drug-likeness (QED) is 0.467. The first-order valence-corrected chi connectivity index (χ1v) is 7.15. The SMILES string of the molecule is CO[C@H]1CC[C@H](n2cc([N+](=O)[O-])c(OCCCO)n2)CC1. The number of rotatable bonds is 7. The fourth-order valence-corrected chi connectivity index (χ4v) is 2.56. The molecule has 1 saturated carbocycles. The fourth-order valence-electron chi connectivity index (χ4n) is 2.56. The number of ether oxygens (including phenoxy) is 2. The molecule has 2 rings (SSSR count). The van der Waals surface area contributed by atoms with Crippen LogP contribution in [0.25, 0.3) is 0 Å². The molecule has 0 radical (unpaired) electrons. The predicted molar refractivity (Wildman–Crippen MR) is 74.4 cm³/mol. The van der Waals surface area contributed by atoms with Crippen molar-refractivity contribution < 1.29 is 19.5 Å². The highest BCUT2D eigenvalue weighted by molar-refractivity contribution is 5.38. The molecule has 118 valence electrons. The van der Waals surface area contributed by atoms with Crippen LogP contribution < -0.4 is 4.74 Å². The summed E-state index contributed by atoms with van der Waals surface area (Å²) in [5, 5.41) is 24.0. The van der Waals surface area contributed by atoms with Crippen LogP contribution in [0.3, 0.4) is 0 Å². The number of aliphatic hydroxyl groups excluding tert-OH is 1. The molecule has 1 aromatic heterocycles. The summed E-state index contributed by atoms with van der Waals surface area (Å²) < 4.78 is 12.3. The average molecular weight is 299 g/mol. The molecule has 1 fully saturated rings. The Morgan fingerprint density at radius 2 is 2.19 bits per heavy atom. The van der Waals surface area contributed by atoms with Crippen molar-refractivity contribution in [2.75, 3.05) is 20.3 Å². The minimum Gasteiger partial charge on any atom is -0.472 e. The van der Waals surface area contributed by atoms with E-state index in [0.29, 0.717) is 6.42 Å². The first kappa shape index (κ1) is 15.7. The van der Waals surface area contributed by atoms with Crippen LogP contribution in [0.1, 0.15) is 38.1 Å². The van der Waals surface area contributed by atoms with Crippen LogP contribution in [0.4, 0.5) is 5.69 Å². The van der Waals surface area contributed by atoms with Crippen LogP contribution in [0, 0.1) is 10.1 Å².